The van der Waals surface area contributed by atoms with E-state index in [4.69, 9.17) is 15.7 Å². The molecule has 1 fully saturated rings. The average molecular weight is 529 g/mol. The Hall–Kier alpha value is -3.82. The Morgan fingerprint density at radius 3 is 2.41 bits per heavy atom. The van der Waals surface area contributed by atoms with Gasteiger partial charge in [0.05, 0.1) is 6.54 Å². The number of carbonyl (C=O) groups excluding carboxylic acids is 3. The lowest BCUT2D eigenvalue weighted by Crippen LogP contribution is -2.50. The van der Waals surface area contributed by atoms with Crippen molar-refractivity contribution < 1.29 is 32.7 Å². The second kappa shape index (κ2) is 9.57. The quantitative estimate of drug-likeness (QED) is 0.266. The van der Waals surface area contributed by atoms with Crippen LogP contribution in [-0.2, 0) is 31.3 Å². The number of fused-ring (bicyclic) bond motifs is 1. The largest absolute Gasteiger partial charge is 0.449 e. The number of hydrogen-bond donors (Lipinski definition) is 3. The van der Waals surface area contributed by atoms with Crippen LogP contribution in [0.4, 0.5) is 9.59 Å². The van der Waals surface area contributed by atoms with Crippen LogP contribution in [-0.4, -0.2) is 65.3 Å². The van der Waals surface area contributed by atoms with E-state index in [0.717, 1.165) is 30.2 Å². The van der Waals surface area contributed by atoms with Crippen LogP contribution in [0.25, 0.3) is 0 Å². The zero-order chi connectivity index (χ0) is 27.0. The summed E-state index contributed by atoms with van der Waals surface area (Å²) in [6.45, 7) is 1.73. The van der Waals surface area contributed by atoms with Crippen LogP contribution in [0.5, 0.6) is 0 Å². The summed E-state index contributed by atoms with van der Waals surface area (Å²) in [5.74, 6) is 5.08. The summed E-state index contributed by atoms with van der Waals surface area (Å²) in [6, 6.07) is 9.15. The molecule has 2 aliphatic rings. The van der Waals surface area contributed by atoms with E-state index in [-0.39, 0.29) is 37.6 Å². The van der Waals surface area contributed by atoms with Gasteiger partial charge in [-0.3, -0.25) is 14.6 Å². The van der Waals surface area contributed by atoms with Crippen molar-refractivity contribution in [3.63, 3.8) is 0 Å². The second-order valence-corrected chi connectivity index (χ2v) is 12.1. The van der Waals surface area contributed by atoms with Gasteiger partial charge in [0.25, 0.3) is 5.91 Å². The van der Waals surface area contributed by atoms with Crippen molar-refractivity contribution in [2.75, 3.05) is 19.4 Å². The Morgan fingerprint density at radius 2 is 1.86 bits per heavy atom. The van der Waals surface area contributed by atoms with Crippen LogP contribution < -0.4 is 11.2 Å². The standard InChI is InChI=1S/C25H28N4O7S/c1-24(21(30)27-33,37(2,34)35)11-12-28-15-20-13-18(14-29(20)23(28)32)4-3-17-5-7-19(8-6-17)25(9-10-25)16-36-22(26)31/h5-8,13-14,33H,9-12,15-16H2,1-2H3,(H2,26,31)(H,27,30). The molecule has 4 N–H and O–H groups in total. The van der Waals surface area contributed by atoms with E-state index in [1.807, 2.05) is 24.3 Å². The van der Waals surface area contributed by atoms with Gasteiger partial charge in [-0.15, -0.1) is 0 Å². The first-order valence-corrected chi connectivity index (χ1v) is 13.5. The van der Waals surface area contributed by atoms with Crippen molar-refractivity contribution in [3.8, 4) is 11.8 Å². The monoisotopic (exact) mass is 528 g/mol. The zero-order valence-corrected chi connectivity index (χ0v) is 21.3. The molecule has 4 rings (SSSR count). The number of benzene rings is 1. The fourth-order valence-corrected chi connectivity index (χ4v) is 5.17. The van der Waals surface area contributed by atoms with Crippen molar-refractivity contribution in [1.29, 1.82) is 0 Å². The first kappa shape index (κ1) is 26.2. The van der Waals surface area contributed by atoms with Crippen molar-refractivity contribution >= 4 is 27.9 Å². The van der Waals surface area contributed by atoms with Gasteiger partial charge in [-0.1, -0.05) is 24.0 Å². The molecule has 0 bridgehead atoms. The van der Waals surface area contributed by atoms with Gasteiger partial charge < -0.3 is 15.4 Å². The predicted molar refractivity (Wildman–Crippen MR) is 132 cm³/mol. The number of amides is 3. The van der Waals surface area contributed by atoms with Crippen molar-refractivity contribution in [2.45, 2.75) is 42.9 Å². The van der Waals surface area contributed by atoms with Crippen LogP contribution in [0.15, 0.2) is 36.5 Å². The topological polar surface area (TPSA) is 161 Å². The molecule has 1 unspecified atom stereocenters. The Balaban J connectivity index is 1.40. The molecule has 2 aromatic rings. The lowest BCUT2D eigenvalue weighted by atomic mass is 9.96. The number of carbonyl (C=O) groups is 3. The number of aromatic nitrogens is 1. The number of sulfone groups is 1. The molecule has 37 heavy (non-hydrogen) atoms. The van der Waals surface area contributed by atoms with E-state index < -0.39 is 26.6 Å². The molecule has 1 aliphatic carbocycles. The molecule has 0 saturated heterocycles. The third kappa shape index (κ3) is 5.19. The van der Waals surface area contributed by atoms with Gasteiger partial charge in [-0.2, -0.15) is 0 Å². The highest BCUT2D eigenvalue weighted by molar-refractivity contribution is 7.92. The second-order valence-electron chi connectivity index (χ2n) is 9.70. The predicted octanol–water partition coefficient (Wildman–Crippen LogP) is 1.50. The summed E-state index contributed by atoms with van der Waals surface area (Å²) >= 11 is 0. The van der Waals surface area contributed by atoms with Crippen LogP contribution in [0.2, 0.25) is 0 Å². The minimum Gasteiger partial charge on any atom is -0.449 e. The number of rotatable bonds is 8. The number of hydroxylamine groups is 1. The molecule has 0 spiro atoms. The number of nitrogens with one attached hydrogen (secondary N) is 1. The average Bonchev–Trinajstić information content (AvgIpc) is 3.46. The highest BCUT2D eigenvalue weighted by Crippen LogP contribution is 2.48. The third-order valence-electron chi connectivity index (χ3n) is 7.18. The van der Waals surface area contributed by atoms with Crippen LogP contribution in [0.3, 0.4) is 0 Å². The van der Waals surface area contributed by atoms with Gasteiger partial charge in [0, 0.05) is 41.2 Å². The van der Waals surface area contributed by atoms with E-state index >= 15 is 0 Å². The molecule has 1 aromatic heterocycles. The molecule has 1 aromatic carbocycles. The smallest absolute Gasteiger partial charge is 0.404 e. The molecular formula is C25H28N4O7S. The number of hydrogen-bond acceptors (Lipinski definition) is 7. The zero-order valence-electron chi connectivity index (χ0n) is 20.5. The fourth-order valence-electron chi connectivity index (χ4n) is 4.33. The Bertz CT molecular complexity index is 1420. The van der Waals surface area contributed by atoms with E-state index in [1.165, 1.54) is 21.9 Å². The molecule has 3 amide bonds. The maximum atomic E-state index is 12.8. The van der Waals surface area contributed by atoms with Crippen LogP contribution in [0, 0.1) is 11.8 Å². The van der Waals surface area contributed by atoms with E-state index in [0.29, 0.717) is 11.3 Å². The first-order chi connectivity index (χ1) is 17.4. The SMILES string of the molecule is CC(CCN1Cc2cc(C#Cc3ccc(C4(COC(N)=O)CC4)cc3)cn2C1=O)(C(=O)NO)S(C)(=O)=O. The van der Waals surface area contributed by atoms with Gasteiger partial charge in [0.15, 0.2) is 14.6 Å². The highest BCUT2D eigenvalue weighted by Gasteiger charge is 2.46. The number of primary amides is 1. The molecular weight excluding hydrogens is 500 g/mol. The van der Waals surface area contributed by atoms with Crippen molar-refractivity contribution in [3.05, 3.63) is 58.9 Å². The molecule has 1 saturated carbocycles. The molecule has 0 radical (unpaired) electrons. The minimum absolute atomic E-state index is 0.0107. The Morgan fingerprint density at radius 1 is 1.22 bits per heavy atom. The molecule has 2 heterocycles. The summed E-state index contributed by atoms with van der Waals surface area (Å²) < 4.78 is 28.9. The van der Waals surface area contributed by atoms with Gasteiger partial charge in [-0.25, -0.2) is 23.5 Å². The summed E-state index contributed by atoms with van der Waals surface area (Å²) in [7, 11) is -3.85. The fraction of sp³-hybridized carbons (Fsp3) is 0.400. The number of nitrogens with zero attached hydrogens (tertiary/aromatic N) is 2. The van der Waals surface area contributed by atoms with E-state index in [2.05, 4.69) is 11.8 Å². The van der Waals surface area contributed by atoms with Gasteiger partial charge in [0.2, 0.25) is 0 Å². The number of ether oxygens (including phenoxy) is 1. The van der Waals surface area contributed by atoms with Crippen molar-refractivity contribution in [2.24, 2.45) is 5.73 Å². The Kier molecular flexibility index (Phi) is 6.79. The maximum Gasteiger partial charge on any atom is 0.404 e. The number of nitrogens with two attached hydrogens (primary N) is 1. The van der Waals surface area contributed by atoms with Gasteiger partial charge in [-0.05, 0) is 49.9 Å². The Labute approximate surface area is 214 Å². The molecule has 11 nitrogen and oxygen atoms in total. The maximum absolute atomic E-state index is 12.8. The highest BCUT2D eigenvalue weighted by atomic mass is 32.2. The van der Waals surface area contributed by atoms with Gasteiger partial charge in [0.1, 0.15) is 6.61 Å². The summed E-state index contributed by atoms with van der Waals surface area (Å²) in [5, 5.41) is 8.96. The summed E-state index contributed by atoms with van der Waals surface area (Å²) in [4.78, 5) is 37.2. The lowest BCUT2D eigenvalue weighted by molar-refractivity contribution is -0.131. The first-order valence-electron chi connectivity index (χ1n) is 11.6. The lowest BCUT2D eigenvalue weighted by Gasteiger charge is -2.27. The summed E-state index contributed by atoms with van der Waals surface area (Å²) in [6.07, 6.45) is 3.43. The van der Waals surface area contributed by atoms with Crippen molar-refractivity contribution in [1.82, 2.24) is 14.9 Å². The summed E-state index contributed by atoms with van der Waals surface area (Å²) in [5.41, 5.74) is 9.52. The van der Waals surface area contributed by atoms with Crippen LogP contribution in [0.1, 0.15) is 48.6 Å². The molecule has 12 heteroatoms. The van der Waals surface area contributed by atoms with E-state index in [9.17, 15) is 22.8 Å². The molecule has 196 valence electrons. The normalized spacial score (nSPS) is 17.3. The molecule has 1 aliphatic heterocycles. The third-order valence-corrected chi connectivity index (χ3v) is 9.21. The van der Waals surface area contributed by atoms with E-state index in [1.54, 1.807) is 12.3 Å². The minimum atomic E-state index is -3.85. The van der Waals surface area contributed by atoms with Gasteiger partial charge >= 0.3 is 12.1 Å². The van der Waals surface area contributed by atoms with Crippen LogP contribution >= 0.6 is 0 Å². The molecule has 1 atom stereocenters.